The van der Waals surface area contributed by atoms with E-state index in [0.717, 1.165) is 12.8 Å². The predicted octanol–water partition coefficient (Wildman–Crippen LogP) is 4.85. The minimum Gasteiger partial charge on any atom is -0.497 e. The number of anilines is 1. The summed E-state index contributed by atoms with van der Waals surface area (Å²) in [6.45, 7) is 2.41. The standard InChI is InChI=1S/C27H32N2O7S/c1-4-5-15-29-24-25(36-22-9-7-6-8-10-22)20(18-33-2)16-23(26(24)37(28,31)32)27(30)35-17-19-11-13-21(34-3)14-12-19/h6-14,16,29H,4-5,15,17-18H2,1-3H3,(H2,28,31,32). The molecule has 3 rings (SSSR count). The maximum Gasteiger partial charge on any atom is 0.339 e. The molecule has 10 heteroatoms. The third kappa shape index (κ3) is 7.45. The van der Waals surface area contributed by atoms with E-state index in [1.807, 2.05) is 13.0 Å². The van der Waals surface area contributed by atoms with Gasteiger partial charge in [0.1, 0.15) is 23.0 Å². The summed E-state index contributed by atoms with van der Waals surface area (Å²) in [5, 5.41) is 8.78. The summed E-state index contributed by atoms with van der Waals surface area (Å²) in [6.07, 6.45) is 1.61. The number of para-hydroxylation sites is 1. The number of methoxy groups -OCH3 is 2. The Morgan fingerprint density at radius 1 is 0.973 bits per heavy atom. The van der Waals surface area contributed by atoms with Crippen LogP contribution in [0.3, 0.4) is 0 Å². The van der Waals surface area contributed by atoms with Crippen LogP contribution < -0.4 is 19.9 Å². The lowest BCUT2D eigenvalue weighted by Gasteiger charge is -2.22. The number of ether oxygens (including phenoxy) is 4. The Morgan fingerprint density at radius 3 is 2.27 bits per heavy atom. The highest BCUT2D eigenvalue weighted by atomic mass is 32.2. The summed E-state index contributed by atoms with van der Waals surface area (Å²) < 4.78 is 47.8. The number of sulfonamides is 1. The first-order chi connectivity index (χ1) is 17.8. The average Bonchev–Trinajstić information content (AvgIpc) is 2.89. The molecule has 3 N–H and O–H groups in total. The largest absolute Gasteiger partial charge is 0.497 e. The summed E-state index contributed by atoms with van der Waals surface area (Å²) in [6, 6.07) is 17.3. The summed E-state index contributed by atoms with van der Waals surface area (Å²) in [4.78, 5) is 12.8. The van der Waals surface area contributed by atoms with E-state index in [0.29, 0.717) is 29.2 Å². The quantitative estimate of drug-likeness (QED) is 0.238. The van der Waals surface area contributed by atoms with Gasteiger partial charge in [0.15, 0.2) is 5.75 Å². The lowest BCUT2D eigenvalue weighted by atomic mass is 10.1. The van der Waals surface area contributed by atoms with Crippen LogP contribution in [0, 0.1) is 0 Å². The molecule has 198 valence electrons. The van der Waals surface area contributed by atoms with E-state index in [-0.39, 0.29) is 30.2 Å². The third-order valence-corrected chi connectivity index (χ3v) is 6.43. The lowest BCUT2D eigenvalue weighted by Crippen LogP contribution is -2.22. The molecule has 9 nitrogen and oxygen atoms in total. The first-order valence-electron chi connectivity index (χ1n) is 11.8. The summed E-state index contributed by atoms with van der Waals surface area (Å²) >= 11 is 0. The van der Waals surface area contributed by atoms with Crippen molar-refractivity contribution < 1.29 is 32.2 Å². The van der Waals surface area contributed by atoms with Crippen LogP contribution in [0.1, 0.15) is 41.3 Å². The van der Waals surface area contributed by atoms with Gasteiger partial charge in [-0.2, -0.15) is 0 Å². The molecule has 0 aliphatic heterocycles. The highest BCUT2D eigenvalue weighted by molar-refractivity contribution is 7.89. The topological polar surface area (TPSA) is 126 Å². The van der Waals surface area contributed by atoms with Crippen molar-refractivity contribution in [1.29, 1.82) is 0 Å². The molecule has 0 spiro atoms. The van der Waals surface area contributed by atoms with Crippen molar-refractivity contribution in [3.05, 3.63) is 77.4 Å². The lowest BCUT2D eigenvalue weighted by molar-refractivity contribution is 0.0467. The van der Waals surface area contributed by atoms with Crippen LogP contribution in [0.25, 0.3) is 0 Å². The third-order valence-electron chi connectivity index (χ3n) is 5.44. The SMILES string of the molecule is CCCCNc1c(Oc2ccccc2)c(COC)cc(C(=O)OCc2ccc(OC)cc2)c1S(N)(=O)=O. The molecule has 0 radical (unpaired) electrons. The van der Waals surface area contributed by atoms with Gasteiger partial charge >= 0.3 is 5.97 Å². The van der Waals surface area contributed by atoms with E-state index in [4.69, 9.17) is 24.1 Å². The van der Waals surface area contributed by atoms with Crippen molar-refractivity contribution in [2.24, 2.45) is 5.14 Å². The Hall–Kier alpha value is -3.60. The van der Waals surface area contributed by atoms with Gasteiger partial charge in [-0.1, -0.05) is 43.7 Å². The number of nitrogens with one attached hydrogen (secondary N) is 1. The number of hydrogen-bond acceptors (Lipinski definition) is 8. The maximum absolute atomic E-state index is 13.2. The maximum atomic E-state index is 13.2. The molecule has 0 heterocycles. The van der Waals surface area contributed by atoms with Crippen LogP contribution in [0.15, 0.2) is 65.6 Å². The molecule has 0 bridgehead atoms. The normalized spacial score (nSPS) is 11.1. The zero-order valence-electron chi connectivity index (χ0n) is 21.2. The second-order valence-electron chi connectivity index (χ2n) is 8.21. The minimum absolute atomic E-state index is 0.0499. The van der Waals surface area contributed by atoms with Crippen molar-refractivity contribution in [2.75, 3.05) is 26.1 Å². The number of carbonyl (C=O) groups excluding carboxylic acids is 1. The molecule has 0 fully saturated rings. The molecule has 0 saturated heterocycles. The second kappa shape index (κ2) is 13.1. The van der Waals surface area contributed by atoms with E-state index in [1.165, 1.54) is 13.2 Å². The van der Waals surface area contributed by atoms with Gasteiger partial charge in [0.2, 0.25) is 10.0 Å². The molecule has 0 atom stereocenters. The minimum atomic E-state index is -4.39. The Labute approximate surface area is 217 Å². The van der Waals surface area contributed by atoms with Crippen LogP contribution in [0.2, 0.25) is 0 Å². The van der Waals surface area contributed by atoms with Gasteiger partial charge in [-0.15, -0.1) is 0 Å². The first-order valence-corrected chi connectivity index (χ1v) is 13.3. The number of primary sulfonamides is 1. The van der Waals surface area contributed by atoms with Gasteiger partial charge in [0.05, 0.1) is 25.0 Å². The van der Waals surface area contributed by atoms with Gasteiger partial charge in [0.25, 0.3) is 0 Å². The van der Waals surface area contributed by atoms with Crippen molar-refractivity contribution >= 4 is 21.7 Å². The van der Waals surface area contributed by atoms with Crippen molar-refractivity contribution in [3.63, 3.8) is 0 Å². The fourth-order valence-electron chi connectivity index (χ4n) is 3.64. The smallest absolute Gasteiger partial charge is 0.339 e. The predicted molar refractivity (Wildman–Crippen MR) is 141 cm³/mol. The number of unbranched alkanes of at least 4 members (excludes halogenated alkanes) is 1. The molecule has 0 aliphatic rings. The molecule has 0 unspecified atom stereocenters. The Balaban J connectivity index is 2.10. The monoisotopic (exact) mass is 528 g/mol. The molecule has 0 amide bonds. The highest BCUT2D eigenvalue weighted by Crippen LogP contribution is 2.41. The number of rotatable bonds is 13. The first kappa shape index (κ1) is 28.0. The molecule has 3 aromatic carbocycles. The molecule has 3 aromatic rings. The van der Waals surface area contributed by atoms with Gasteiger partial charge in [-0.3, -0.25) is 0 Å². The van der Waals surface area contributed by atoms with Crippen molar-refractivity contribution in [3.8, 4) is 17.2 Å². The number of benzene rings is 3. The van der Waals surface area contributed by atoms with Gasteiger partial charge in [-0.25, -0.2) is 18.4 Å². The van der Waals surface area contributed by atoms with Gasteiger partial charge in [-0.05, 0) is 42.3 Å². The van der Waals surface area contributed by atoms with E-state index >= 15 is 0 Å². The summed E-state index contributed by atoms with van der Waals surface area (Å²) in [5.41, 5.74) is 1.04. The second-order valence-corrected chi connectivity index (χ2v) is 9.71. The number of esters is 1. The van der Waals surface area contributed by atoms with Gasteiger partial charge in [0, 0.05) is 19.2 Å². The van der Waals surface area contributed by atoms with Crippen molar-refractivity contribution in [2.45, 2.75) is 37.9 Å². The zero-order chi connectivity index (χ0) is 26.8. The van der Waals surface area contributed by atoms with Crippen molar-refractivity contribution in [1.82, 2.24) is 0 Å². The van der Waals surface area contributed by atoms with Gasteiger partial charge < -0.3 is 24.3 Å². The fraction of sp³-hybridized carbons (Fsp3) is 0.296. The summed E-state index contributed by atoms with van der Waals surface area (Å²) in [5.74, 6) is 0.503. The molecule has 37 heavy (non-hydrogen) atoms. The number of carbonyl (C=O) groups is 1. The Morgan fingerprint density at radius 2 is 1.68 bits per heavy atom. The van der Waals surface area contributed by atoms with E-state index < -0.39 is 20.9 Å². The zero-order valence-corrected chi connectivity index (χ0v) is 22.0. The highest BCUT2D eigenvalue weighted by Gasteiger charge is 2.30. The van der Waals surface area contributed by atoms with Crippen LogP contribution in [0.4, 0.5) is 5.69 Å². The molecule has 0 aromatic heterocycles. The molecular formula is C27H32N2O7S. The Bertz CT molecular complexity index is 1290. The fourth-order valence-corrected chi connectivity index (χ4v) is 4.53. The van der Waals surface area contributed by atoms with Crippen LogP contribution in [-0.2, 0) is 32.7 Å². The van der Waals surface area contributed by atoms with Crippen LogP contribution in [0.5, 0.6) is 17.2 Å². The van der Waals surface area contributed by atoms with E-state index in [2.05, 4.69) is 5.32 Å². The Kier molecular flexibility index (Phi) is 9.90. The average molecular weight is 529 g/mol. The summed E-state index contributed by atoms with van der Waals surface area (Å²) in [7, 11) is -1.34. The number of nitrogens with two attached hydrogens (primary N) is 1. The molecule has 0 aliphatic carbocycles. The number of hydrogen-bond donors (Lipinski definition) is 2. The molecular weight excluding hydrogens is 496 g/mol. The van der Waals surface area contributed by atoms with Crippen LogP contribution in [-0.4, -0.2) is 35.2 Å². The van der Waals surface area contributed by atoms with E-state index in [9.17, 15) is 13.2 Å². The van der Waals surface area contributed by atoms with Crippen LogP contribution >= 0.6 is 0 Å². The molecule has 0 saturated carbocycles. The van der Waals surface area contributed by atoms with E-state index in [1.54, 1.807) is 55.6 Å².